The van der Waals surface area contributed by atoms with E-state index in [1.807, 2.05) is 48.9 Å². The molecule has 0 atom stereocenters. The number of benzene rings is 1. The van der Waals surface area contributed by atoms with Gasteiger partial charge < -0.3 is 10.6 Å². The third-order valence-corrected chi connectivity index (χ3v) is 4.30. The van der Waals surface area contributed by atoms with Gasteiger partial charge >= 0.3 is 0 Å². The molecular formula is C19H22N6O. The number of nitrogens with one attached hydrogen (secondary N) is 2. The van der Waals surface area contributed by atoms with Crippen molar-refractivity contribution in [3.63, 3.8) is 0 Å². The van der Waals surface area contributed by atoms with E-state index in [4.69, 9.17) is 0 Å². The molecule has 2 N–H and O–H groups in total. The molecular weight excluding hydrogens is 328 g/mol. The summed E-state index contributed by atoms with van der Waals surface area (Å²) in [5, 5.41) is 10.4. The van der Waals surface area contributed by atoms with Crippen LogP contribution < -0.4 is 10.6 Å². The van der Waals surface area contributed by atoms with Gasteiger partial charge in [0.2, 0.25) is 5.95 Å². The topological polar surface area (TPSA) is 84.7 Å². The van der Waals surface area contributed by atoms with Crippen LogP contribution in [-0.4, -0.2) is 32.2 Å². The molecule has 0 fully saturated rings. The van der Waals surface area contributed by atoms with Gasteiger partial charge in [0.15, 0.2) is 0 Å². The first-order chi connectivity index (χ1) is 12.5. The van der Waals surface area contributed by atoms with E-state index in [0.717, 1.165) is 17.1 Å². The zero-order valence-electron chi connectivity index (χ0n) is 15.2. The molecule has 0 aliphatic heterocycles. The zero-order chi connectivity index (χ0) is 18.5. The first-order valence-electron chi connectivity index (χ1n) is 8.47. The molecule has 3 rings (SSSR count). The number of rotatable bonds is 6. The molecule has 7 heteroatoms. The molecule has 2 heterocycles. The van der Waals surface area contributed by atoms with Crippen LogP contribution in [0.3, 0.4) is 0 Å². The second-order valence-corrected chi connectivity index (χ2v) is 6.06. The Morgan fingerprint density at radius 2 is 1.77 bits per heavy atom. The van der Waals surface area contributed by atoms with E-state index >= 15 is 0 Å². The van der Waals surface area contributed by atoms with Gasteiger partial charge in [-0.2, -0.15) is 5.10 Å². The minimum Gasteiger partial charge on any atom is -0.350 e. The van der Waals surface area contributed by atoms with Gasteiger partial charge in [-0.3, -0.25) is 9.48 Å². The Hall–Kier alpha value is -3.22. The van der Waals surface area contributed by atoms with Crippen LogP contribution in [0.25, 0.3) is 0 Å². The van der Waals surface area contributed by atoms with E-state index in [-0.39, 0.29) is 5.91 Å². The van der Waals surface area contributed by atoms with Gasteiger partial charge in [0.1, 0.15) is 0 Å². The largest absolute Gasteiger partial charge is 0.350 e. The molecule has 0 bridgehead atoms. The fraction of sp³-hybridized carbons (Fsp3) is 0.263. The summed E-state index contributed by atoms with van der Waals surface area (Å²) in [4.78, 5) is 20.6. The maximum absolute atomic E-state index is 12.2. The van der Waals surface area contributed by atoms with Gasteiger partial charge in [-0.15, -0.1) is 0 Å². The highest BCUT2D eigenvalue weighted by molar-refractivity contribution is 5.93. The van der Waals surface area contributed by atoms with Crippen molar-refractivity contribution in [3.05, 3.63) is 65.2 Å². The Kier molecular flexibility index (Phi) is 5.26. The lowest BCUT2D eigenvalue weighted by molar-refractivity contribution is 0.0951. The summed E-state index contributed by atoms with van der Waals surface area (Å²) in [6, 6.07) is 9.63. The summed E-state index contributed by atoms with van der Waals surface area (Å²) in [6.07, 6.45) is 3.03. The molecule has 0 aliphatic carbocycles. The Bertz CT molecular complexity index is 886. The quantitative estimate of drug-likeness (QED) is 0.714. The van der Waals surface area contributed by atoms with Crippen molar-refractivity contribution >= 4 is 17.5 Å². The summed E-state index contributed by atoms with van der Waals surface area (Å²) in [6.45, 7) is 7.18. The number of amides is 1. The number of nitrogens with zero attached hydrogens (tertiary/aromatic N) is 4. The average molecular weight is 350 g/mol. The molecule has 2 aromatic heterocycles. The highest BCUT2D eigenvalue weighted by atomic mass is 16.1. The minimum atomic E-state index is -0.200. The van der Waals surface area contributed by atoms with Crippen LogP contribution in [0, 0.1) is 20.8 Å². The number of carbonyl (C=O) groups is 1. The normalized spacial score (nSPS) is 10.6. The van der Waals surface area contributed by atoms with Crippen molar-refractivity contribution < 1.29 is 4.79 Å². The maximum Gasteiger partial charge on any atom is 0.254 e. The molecule has 0 spiro atoms. The van der Waals surface area contributed by atoms with E-state index < -0.39 is 0 Å². The summed E-state index contributed by atoms with van der Waals surface area (Å²) >= 11 is 0. The SMILES string of the molecule is Cc1nn(CCNC(=O)c2cnc(Nc3ccccc3)nc2)c(C)c1C. The van der Waals surface area contributed by atoms with Crippen molar-refractivity contribution in [1.82, 2.24) is 25.1 Å². The molecule has 7 nitrogen and oxygen atoms in total. The Morgan fingerprint density at radius 1 is 1.08 bits per heavy atom. The van der Waals surface area contributed by atoms with Gasteiger partial charge in [0.05, 0.1) is 17.8 Å². The molecule has 0 unspecified atom stereocenters. The van der Waals surface area contributed by atoms with Crippen LogP contribution >= 0.6 is 0 Å². The third-order valence-electron chi connectivity index (χ3n) is 4.30. The number of aryl methyl sites for hydroxylation is 1. The van der Waals surface area contributed by atoms with Crippen molar-refractivity contribution in [2.75, 3.05) is 11.9 Å². The molecule has 0 aliphatic rings. The first kappa shape index (κ1) is 17.6. The summed E-state index contributed by atoms with van der Waals surface area (Å²) in [5.74, 6) is 0.250. The first-order valence-corrected chi connectivity index (χ1v) is 8.47. The molecule has 3 aromatic rings. The number of anilines is 2. The number of carbonyl (C=O) groups excluding carboxylic acids is 1. The van der Waals surface area contributed by atoms with Crippen LogP contribution in [-0.2, 0) is 6.54 Å². The van der Waals surface area contributed by atoms with Gasteiger partial charge in [-0.1, -0.05) is 18.2 Å². The predicted molar refractivity (Wildman–Crippen MR) is 101 cm³/mol. The number of para-hydroxylation sites is 1. The highest BCUT2D eigenvalue weighted by Gasteiger charge is 2.09. The van der Waals surface area contributed by atoms with Crippen molar-refractivity contribution in [1.29, 1.82) is 0 Å². The molecule has 0 radical (unpaired) electrons. The monoisotopic (exact) mass is 350 g/mol. The van der Waals surface area contributed by atoms with E-state index in [1.54, 1.807) is 0 Å². The second kappa shape index (κ2) is 7.77. The van der Waals surface area contributed by atoms with Gasteiger partial charge in [0, 0.05) is 30.3 Å². The Morgan fingerprint density at radius 3 is 2.38 bits per heavy atom. The molecule has 0 saturated carbocycles. The smallest absolute Gasteiger partial charge is 0.254 e. The third kappa shape index (κ3) is 4.05. The lowest BCUT2D eigenvalue weighted by Gasteiger charge is -2.08. The summed E-state index contributed by atoms with van der Waals surface area (Å²) in [7, 11) is 0. The van der Waals surface area contributed by atoms with Crippen LogP contribution in [0.1, 0.15) is 27.3 Å². The lowest BCUT2D eigenvalue weighted by Crippen LogP contribution is -2.28. The molecule has 1 aromatic carbocycles. The van der Waals surface area contributed by atoms with Crippen molar-refractivity contribution in [2.24, 2.45) is 0 Å². The number of hydrogen-bond acceptors (Lipinski definition) is 5. The fourth-order valence-electron chi connectivity index (χ4n) is 2.54. The van der Waals surface area contributed by atoms with Gasteiger partial charge in [0.25, 0.3) is 5.91 Å². The van der Waals surface area contributed by atoms with E-state index in [9.17, 15) is 4.79 Å². The zero-order valence-corrected chi connectivity index (χ0v) is 15.2. The lowest BCUT2D eigenvalue weighted by atomic mass is 10.2. The highest BCUT2D eigenvalue weighted by Crippen LogP contribution is 2.12. The minimum absolute atomic E-state index is 0.200. The van der Waals surface area contributed by atoms with Crippen LogP contribution in [0.15, 0.2) is 42.7 Å². The maximum atomic E-state index is 12.2. The average Bonchev–Trinajstić information content (AvgIpc) is 2.90. The summed E-state index contributed by atoms with van der Waals surface area (Å²) < 4.78 is 1.91. The Labute approximate surface area is 152 Å². The van der Waals surface area contributed by atoms with E-state index in [2.05, 4.69) is 32.6 Å². The van der Waals surface area contributed by atoms with Crippen LogP contribution in [0.4, 0.5) is 11.6 Å². The Balaban J connectivity index is 1.54. The van der Waals surface area contributed by atoms with E-state index in [0.29, 0.717) is 24.6 Å². The molecule has 26 heavy (non-hydrogen) atoms. The van der Waals surface area contributed by atoms with E-state index in [1.165, 1.54) is 18.0 Å². The standard InChI is InChI=1S/C19H22N6O/c1-13-14(2)24-25(15(13)3)10-9-20-18(26)16-11-21-19(22-12-16)23-17-7-5-4-6-8-17/h4-8,11-12H,9-10H2,1-3H3,(H,20,26)(H,21,22,23). The molecule has 134 valence electrons. The number of hydrogen-bond donors (Lipinski definition) is 2. The van der Waals surface area contributed by atoms with Gasteiger partial charge in [-0.25, -0.2) is 9.97 Å². The van der Waals surface area contributed by atoms with Crippen molar-refractivity contribution in [2.45, 2.75) is 27.3 Å². The second-order valence-electron chi connectivity index (χ2n) is 6.06. The predicted octanol–water partition coefficient (Wildman–Crippen LogP) is 2.77. The van der Waals surface area contributed by atoms with Gasteiger partial charge in [-0.05, 0) is 38.5 Å². The molecule has 0 saturated heterocycles. The fourth-order valence-corrected chi connectivity index (χ4v) is 2.54. The molecule has 1 amide bonds. The van der Waals surface area contributed by atoms with Crippen molar-refractivity contribution in [3.8, 4) is 0 Å². The van der Waals surface area contributed by atoms with Crippen LogP contribution in [0.5, 0.6) is 0 Å². The number of aromatic nitrogens is 4. The summed E-state index contributed by atoms with van der Waals surface area (Å²) in [5.41, 5.74) is 4.64. The van der Waals surface area contributed by atoms with Crippen LogP contribution in [0.2, 0.25) is 0 Å².